The van der Waals surface area contributed by atoms with E-state index in [1.807, 2.05) is 4.90 Å². The number of nitrogens with zero attached hydrogens (tertiary/aromatic N) is 4. The molecule has 3 heterocycles. The number of fused-ring (bicyclic) bond motifs is 1. The Balaban J connectivity index is 1.42. The number of aromatic nitrogens is 2. The first kappa shape index (κ1) is 15.6. The molecular weight excluding hydrogens is 304 g/mol. The second-order valence-corrected chi connectivity index (χ2v) is 6.71. The van der Waals surface area contributed by atoms with Crippen molar-refractivity contribution in [2.24, 2.45) is 0 Å². The highest BCUT2D eigenvalue weighted by atomic mass is 16.5. The van der Waals surface area contributed by atoms with Gasteiger partial charge in [0.2, 0.25) is 5.95 Å². The molecule has 1 aliphatic carbocycles. The highest BCUT2D eigenvalue weighted by molar-refractivity contribution is 5.97. The number of ether oxygens (including phenoxy) is 1. The van der Waals surface area contributed by atoms with Gasteiger partial charge in [-0.3, -0.25) is 4.79 Å². The second-order valence-electron chi connectivity index (χ2n) is 6.71. The average Bonchev–Trinajstić information content (AvgIpc) is 2.97. The van der Waals surface area contributed by atoms with Gasteiger partial charge in [-0.1, -0.05) is 11.6 Å². The topological polar surface area (TPSA) is 58.6 Å². The fourth-order valence-electron chi connectivity index (χ4n) is 3.64. The Kier molecular flexibility index (Phi) is 4.47. The molecule has 1 aromatic heterocycles. The van der Waals surface area contributed by atoms with Crippen molar-refractivity contribution in [3.8, 4) is 0 Å². The summed E-state index contributed by atoms with van der Waals surface area (Å²) in [5, 5.41) is 0. The van der Waals surface area contributed by atoms with Crippen LogP contribution >= 0.6 is 0 Å². The molecule has 6 heteroatoms. The van der Waals surface area contributed by atoms with E-state index in [0.29, 0.717) is 25.3 Å². The van der Waals surface area contributed by atoms with Crippen molar-refractivity contribution in [1.82, 2.24) is 14.9 Å². The quantitative estimate of drug-likeness (QED) is 0.793. The molecule has 0 spiro atoms. The van der Waals surface area contributed by atoms with Gasteiger partial charge in [0.1, 0.15) is 0 Å². The maximum Gasteiger partial charge on any atom is 0.257 e. The first-order valence-corrected chi connectivity index (χ1v) is 8.97. The Morgan fingerprint density at radius 2 is 2.08 bits per heavy atom. The van der Waals surface area contributed by atoms with Gasteiger partial charge in [0.25, 0.3) is 5.91 Å². The smallest absolute Gasteiger partial charge is 0.257 e. The Bertz CT molecular complexity index is 652. The lowest BCUT2D eigenvalue weighted by Crippen LogP contribution is -2.37. The molecule has 3 aliphatic rings. The lowest BCUT2D eigenvalue weighted by atomic mass is 9.97. The molecule has 0 N–H and O–H groups in total. The summed E-state index contributed by atoms with van der Waals surface area (Å²) in [6.07, 6.45) is 10.0. The zero-order valence-corrected chi connectivity index (χ0v) is 14.0. The van der Waals surface area contributed by atoms with Gasteiger partial charge in [-0.25, -0.2) is 9.97 Å². The number of hydrogen-bond donors (Lipinski definition) is 0. The molecule has 1 fully saturated rings. The first-order valence-electron chi connectivity index (χ1n) is 8.97. The third-order valence-corrected chi connectivity index (χ3v) is 5.10. The summed E-state index contributed by atoms with van der Waals surface area (Å²) in [6, 6.07) is 0. The van der Waals surface area contributed by atoms with E-state index in [1.54, 1.807) is 6.20 Å². The molecule has 24 heavy (non-hydrogen) atoms. The summed E-state index contributed by atoms with van der Waals surface area (Å²) in [5.41, 5.74) is 3.05. The van der Waals surface area contributed by atoms with Gasteiger partial charge >= 0.3 is 0 Å². The molecule has 6 nitrogen and oxygen atoms in total. The maximum absolute atomic E-state index is 12.5. The Labute approximate surface area is 142 Å². The number of anilines is 1. The summed E-state index contributed by atoms with van der Waals surface area (Å²) in [7, 11) is 0. The second kappa shape index (κ2) is 6.89. The third kappa shape index (κ3) is 3.15. The van der Waals surface area contributed by atoms with Crippen LogP contribution in [0.15, 0.2) is 17.8 Å². The number of allylic oxidation sites excluding steroid dienone is 1. The monoisotopic (exact) mass is 328 g/mol. The van der Waals surface area contributed by atoms with Crippen molar-refractivity contribution in [1.29, 1.82) is 0 Å². The highest BCUT2D eigenvalue weighted by Gasteiger charge is 2.30. The molecule has 1 amide bonds. The number of hydrogen-bond acceptors (Lipinski definition) is 5. The molecule has 0 bridgehead atoms. The van der Waals surface area contributed by atoms with E-state index in [-0.39, 0.29) is 5.91 Å². The van der Waals surface area contributed by atoms with E-state index < -0.39 is 0 Å². The van der Waals surface area contributed by atoms with E-state index >= 15 is 0 Å². The molecule has 1 aromatic rings. The minimum Gasteiger partial charge on any atom is -0.378 e. The summed E-state index contributed by atoms with van der Waals surface area (Å²) < 4.78 is 5.37. The van der Waals surface area contributed by atoms with Crippen molar-refractivity contribution >= 4 is 11.9 Å². The zero-order chi connectivity index (χ0) is 16.4. The van der Waals surface area contributed by atoms with Gasteiger partial charge < -0.3 is 14.5 Å². The fourth-order valence-corrected chi connectivity index (χ4v) is 3.64. The van der Waals surface area contributed by atoms with Crippen LogP contribution in [-0.2, 0) is 11.3 Å². The molecule has 128 valence electrons. The molecular formula is C18H24N4O2. The van der Waals surface area contributed by atoms with Crippen molar-refractivity contribution in [3.05, 3.63) is 29.1 Å². The molecule has 0 saturated carbocycles. The Morgan fingerprint density at radius 3 is 2.88 bits per heavy atom. The molecule has 0 unspecified atom stereocenters. The van der Waals surface area contributed by atoms with Crippen molar-refractivity contribution in [2.45, 2.75) is 38.6 Å². The summed E-state index contributed by atoms with van der Waals surface area (Å²) in [5.74, 6) is 0.802. The maximum atomic E-state index is 12.5. The van der Waals surface area contributed by atoms with Crippen molar-refractivity contribution < 1.29 is 9.53 Å². The molecule has 2 aliphatic heterocycles. The summed E-state index contributed by atoms with van der Waals surface area (Å²) in [6.45, 7) is 4.44. The van der Waals surface area contributed by atoms with Crippen LogP contribution in [-0.4, -0.2) is 53.6 Å². The summed E-state index contributed by atoms with van der Waals surface area (Å²) in [4.78, 5) is 25.7. The highest BCUT2D eigenvalue weighted by Crippen LogP contribution is 2.25. The lowest BCUT2D eigenvalue weighted by molar-refractivity contribution is 0.0779. The van der Waals surface area contributed by atoms with Crippen LogP contribution in [0.25, 0.3) is 0 Å². The van der Waals surface area contributed by atoms with Crippen molar-refractivity contribution in [3.63, 3.8) is 0 Å². The van der Waals surface area contributed by atoms with Gasteiger partial charge in [-0.2, -0.15) is 0 Å². The minimum atomic E-state index is 0.0786. The normalized spacial score (nSPS) is 21.0. The van der Waals surface area contributed by atoms with Gasteiger partial charge in [-0.15, -0.1) is 0 Å². The zero-order valence-electron chi connectivity index (χ0n) is 14.0. The van der Waals surface area contributed by atoms with E-state index in [9.17, 15) is 4.79 Å². The largest absolute Gasteiger partial charge is 0.378 e. The molecule has 4 rings (SSSR count). The number of rotatable bonds is 4. The predicted octanol–water partition coefficient (Wildman–Crippen LogP) is 2.16. The van der Waals surface area contributed by atoms with Crippen LogP contribution < -0.4 is 4.90 Å². The number of carbonyl (C=O) groups is 1. The van der Waals surface area contributed by atoms with Crippen LogP contribution in [0.1, 0.15) is 48.2 Å². The molecule has 0 radical (unpaired) electrons. The number of carbonyl (C=O) groups excluding carboxylic acids is 1. The Morgan fingerprint density at radius 1 is 1.21 bits per heavy atom. The van der Waals surface area contributed by atoms with Gasteiger partial charge in [0, 0.05) is 25.8 Å². The first-order chi connectivity index (χ1) is 11.8. The van der Waals surface area contributed by atoms with Gasteiger partial charge in [-0.05, 0) is 32.1 Å². The minimum absolute atomic E-state index is 0.0786. The SMILES string of the molecule is O=C1c2cnc(N3CCOCC3)nc2CN1CCC1=CCCCC1. The van der Waals surface area contributed by atoms with Crippen molar-refractivity contribution in [2.75, 3.05) is 37.7 Å². The van der Waals surface area contributed by atoms with E-state index in [4.69, 9.17) is 4.74 Å². The van der Waals surface area contributed by atoms with Gasteiger partial charge in [0.05, 0.1) is 31.0 Å². The molecule has 0 aromatic carbocycles. The average molecular weight is 328 g/mol. The number of amides is 1. The standard InChI is InChI=1S/C18H24N4O2/c23-17-15-12-19-18(21-8-10-24-11-9-21)20-16(15)13-22(17)7-6-14-4-2-1-3-5-14/h4,12H,1-3,5-11,13H2. The lowest BCUT2D eigenvalue weighted by Gasteiger charge is -2.26. The molecule has 0 atom stereocenters. The fraction of sp³-hybridized carbons (Fsp3) is 0.611. The van der Waals surface area contributed by atoms with E-state index in [0.717, 1.165) is 37.7 Å². The number of morpholine rings is 1. The Hall–Kier alpha value is -1.95. The third-order valence-electron chi connectivity index (χ3n) is 5.10. The van der Waals surface area contributed by atoms with Gasteiger partial charge in [0.15, 0.2) is 0 Å². The van der Waals surface area contributed by atoms with Crippen LogP contribution in [0, 0.1) is 0 Å². The molecule has 1 saturated heterocycles. The van der Waals surface area contributed by atoms with Crippen LogP contribution in [0.3, 0.4) is 0 Å². The van der Waals surface area contributed by atoms with Crippen LogP contribution in [0.2, 0.25) is 0 Å². The van der Waals surface area contributed by atoms with E-state index in [2.05, 4.69) is 20.9 Å². The van der Waals surface area contributed by atoms with Crippen LogP contribution in [0.4, 0.5) is 5.95 Å². The van der Waals surface area contributed by atoms with Crippen LogP contribution in [0.5, 0.6) is 0 Å². The summed E-state index contributed by atoms with van der Waals surface area (Å²) >= 11 is 0. The predicted molar refractivity (Wildman–Crippen MR) is 91.0 cm³/mol. The van der Waals surface area contributed by atoms with E-state index in [1.165, 1.54) is 31.3 Å².